The molecule has 0 aliphatic carbocycles. The van der Waals surface area contributed by atoms with Crippen LogP contribution in [0.4, 0.5) is 19.1 Å². The zero-order valence-electron chi connectivity index (χ0n) is 23.7. The number of fused-ring (bicyclic) bond motifs is 1. The number of carbonyl (C=O) groups excluding carboxylic acids is 1. The van der Waals surface area contributed by atoms with E-state index >= 15 is 8.78 Å². The lowest BCUT2D eigenvalue weighted by atomic mass is 9.81. The van der Waals surface area contributed by atoms with Crippen LogP contribution in [-0.4, -0.2) is 52.0 Å². The van der Waals surface area contributed by atoms with Gasteiger partial charge in [-0.1, -0.05) is 36.0 Å². The number of methoxy groups -OCH3 is 1. The van der Waals surface area contributed by atoms with Crippen LogP contribution in [0.1, 0.15) is 32.7 Å². The molecule has 1 amide bonds. The number of carbonyl (C=O) groups is 1. The van der Waals surface area contributed by atoms with Gasteiger partial charge in [-0.05, 0) is 48.0 Å². The Bertz CT molecular complexity index is 1870. The van der Waals surface area contributed by atoms with E-state index in [0.29, 0.717) is 28.6 Å². The number of amidine groups is 1. The first-order chi connectivity index (χ1) is 21.8. The molecule has 2 aliphatic heterocycles. The van der Waals surface area contributed by atoms with Crippen LogP contribution >= 0.6 is 11.8 Å². The fraction of sp³-hybridized carbons (Fsp3) is 0.188. The molecule has 2 atom stereocenters. The number of hydrogen-bond donors (Lipinski definition) is 1. The number of hydrogen-bond acceptors (Lipinski definition) is 9. The van der Waals surface area contributed by atoms with Crippen molar-refractivity contribution >= 4 is 40.7 Å². The van der Waals surface area contributed by atoms with Crippen molar-refractivity contribution in [1.29, 1.82) is 5.26 Å². The van der Waals surface area contributed by atoms with Gasteiger partial charge in [0.1, 0.15) is 23.3 Å². The van der Waals surface area contributed by atoms with E-state index in [2.05, 4.69) is 20.3 Å². The van der Waals surface area contributed by atoms with Crippen molar-refractivity contribution in [1.82, 2.24) is 20.3 Å². The van der Waals surface area contributed by atoms with Crippen molar-refractivity contribution in [2.75, 3.05) is 30.9 Å². The van der Waals surface area contributed by atoms with E-state index < -0.39 is 23.0 Å². The van der Waals surface area contributed by atoms with Crippen LogP contribution < -0.4 is 15.0 Å². The lowest BCUT2D eigenvalue weighted by molar-refractivity contribution is 0.0977. The Labute approximate surface area is 260 Å². The quantitative estimate of drug-likeness (QED) is 0.304. The van der Waals surface area contributed by atoms with E-state index in [1.54, 1.807) is 35.2 Å². The van der Waals surface area contributed by atoms with Gasteiger partial charge in [0.15, 0.2) is 5.17 Å². The molecule has 0 saturated carbocycles. The van der Waals surface area contributed by atoms with Crippen LogP contribution in [0, 0.1) is 28.9 Å². The van der Waals surface area contributed by atoms with Gasteiger partial charge in [0.05, 0.1) is 31.1 Å². The molecule has 1 saturated heterocycles. The summed E-state index contributed by atoms with van der Waals surface area (Å²) in [5.74, 6) is -2.25. The molecule has 0 spiro atoms. The van der Waals surface area contributed by atoms with E-state index in [1.165, 1.54) is 61.5 Å². The van der Waals surface area contributed by atoms with Crippen LogP contribution in [0.25, 0.3) is 11.9 Å². The van der Waals surface area contributed by atoms with Gasteiger partial charge in [-0.2, -0.15) is 14.6 Å². The molecule has 6 rings (SSSR count). The number of ether oxygens (including phenoxy) is 1. The third-order valence-corrected chi connectivity index (χ3v) is 8.63. The second-order valence-electron chi connectivity index (χ2n) is 10.4. The van der Waals surface area contributed by atoms with Crippen LogP contribution in [0.15, 0.2) is 78.0 Å². The van der Waals surface area contributed by atoms with Crippen molar-refractivity contribution in [3.63, 3.8) is 0 Å². The SMILES string of the molecule is COc1nc(N2C[C@H]3CSC(NC(=O)c4ccccc4)=N[C@@]3(c3cc(/C=C(\F)c4ccc(C#N)cn4)ccc3F)C2)ncc1F. The van der Waals surface area contributed by atoms with Gasteiger partial charge >= 0.3 is 0 Å². The van der Waals surface area contributed by atoms with Gasteiger partial charge < -0.3 is 15.0 Å². The Morgan fingerprint density at radius 2 is 1.96 bits per heavy atom. The number of halogens is 3. The number of thioether (sulfide) groups is 1. The van der Waals surface area contributed by atoms with Crippen LogP contribution in [0.5, 0.6) is 5.88 Å². The van der Waals surface area contributed by atoms with Crippen LogP contribution in [0.3, 0.4) is 0 Å². The molecule has 4 aromatic rings. The summed E-state index contributed by atoms with van der Waals surface area (Å²) in [6.45, 7) is 0.426. The predicted molar refractivity (Wildman–Crippen MR) is 164 cm³/mol. The third kappa shape index (κ3) is 5.97. The molecule has 0 bridgehead atoms. The number of nitrogens with one attached hydrogen (secondary N) is 1. The highest BCUT2D eigenvalue weighted by Crippen LogP contribution is 2.47. The summed E-state index contributed by atoms with van der Waals surface area (Å²) >= 11 is 1.32. The van der Waals surface area contributed by atoms with E-state index in [9.17, 15) is 9.18 Å². The maximum atomic E-state index is 15.8. The van der Waals surface area contributed by atoms with E-state index in [0.717, 1.165) is 6.20 Å². The van der Waals surface area contributed by atoms with Crippen molar-refractivity contribution in [3.05, 3.63) is 113 Å². The molecule has 2 aromatic heterocycles. The van der Waals surface area contributed by atoms with Gasteiger partial charge in [-0.25, -0.2) is 18.8 Å². The Morgan fingerprint density at radius 3 is 2.69 bits per heavy atom. The van der Waals surface area contributed by atoms with Crippen molar-refractivity contribution in [2.24, 2.45) is 10.9 Å². The molecule has 13 heteroatoms. The molecule has 1 fully saturated rings. The fourth-order valence-electron chi connectivity index (χ4n) is 5.38. The molecule has 4 heterocycles. The average molecular weight is 628 g/mol. The molecule has 0 unspecified atom stereocenters. The number of pyridine rings is 1. The highest BCUT2D eigenvalue weighted by molar-refractivity contribution is 8.13. The zero-order valence-corrected chi connectivity index (χ0v) is 24.6. The molecule has 9 nitrogen and oxygen atoms in total. The summed E-state index contributed by atoms with van der Waals surface area (Å²) in [6.07, 6.45) is 3.50. The van der Waals surface area contributed by atoms with Gasteiger partial charge in [0.2, 0.25) is 11.8 Å². The summed E-state index contributed by atoms with van der Waals surface area (Å²) < 4.78 is 50.2. The fourth-order valence-corrected chi connectivity index (χ4v) is 6.51. The molecule has 1 N–H and O–H groups in total. The first kappa shape index (κ1) is 29.8. The first-order valence-electron chi connectivity index (χ1n) is 13.7. The minimum absolute atomic E-state index is 0.0170. The van der Waals surface area contributed by atoms with Gasteiger partial charge in [-0.15, -0.1) is 0 Å². The number of anilines is 1. The number of aromatic nitrogens is 3. The maximum absolute atomic E-state index is 15.8. The number of nitrogens with zero attached hydrogens (tertiary/aromatic N) is 6. The second-order valence-corrected chi connectivity index (χ2v) is 11.4. The molecule has 45 heavy (non-hydrogen) atoms. The lowest BCUT2D eigenvalue weighted by Crippen LogP contribution is -2.43. The molecule has 2 aliphatic rings. The summed E-state index contributed by atoms with van der Waals surface area (Å²) in [5, 5.41) is 12.2. The number of rotatable bonds is 6. The molecule has 0 radical (unpaired) electrons. The lowest BCUT2D eigenvalue weighted by Gasteiger charge is -2.35. The standard InChI is InChI=1S/C32H24F3N7O2S/c1-44-29-26(35)15-38-30(40-29)42-16-22-17-45-31(39-28(43)21-5-3-2-4-6-21)41-32(22,18-42)23-11-19(7-9-24(23)33)12-25(34)27-10-8-20(13-36)14-37-27/h2-12,14-15,22H,16-18H2,1H3,(H,39,41,43)/b25-12-/t22-,32-/m0/s1. The number of benzene rings is 2. The number of amides is 1. The van der Waals surface area contributed by atoms with Crippen LogP contribution in [0.2, 0.25) is 0 Å². The van der Waals surface area contributed by atoms with Gasteiger partial charge in [-0.3, -0.25) is 9.78 Å². The summed E-state index contributed by atoms with van der Waals surface area (Å²) in [5.41, 5.74) is 0.0322. The Morgan fingerprint density at radius 1 is 1.13 bits per heavy atom. The van der Waals surface area contributed by atoms with Crippen molar-refractivity contribution < 1.29 is 22.7 Å². The van der Waals surface area contributed by atoms with E-state index in [1.807, 2.05) is 6.07 Å². The zero-order chi connectivity index (χ0) is 31.6. The number of nitriles is 1. The number of aliphatic imine (C=N–C) groups is 1. The average Bonchev–Trinajstić information content (AvgIpc) is 3.46. The normalized spacial score (nSPS) is 19.4. The van der Waals surface area contributed by atoms with Crippen molar-refractivity contribution in [3.8, 4) is 11.9 Å². The predicted octanol–water partition coefficient (Wildman–Crippen LogP) is 5.36. The Balaban J connectivity index is 1.41. The highest BCUT2D eigenvalue weighted by Gasteiger charge is 2.52. The van der Waals surface area contributed by atoms with Crippen molar-refractivity contribution in [2.45, 2.75) is 5.54 Å². The Hall–Kier alpha value is -5.22. The first-order valence-corrected chi connectivity index (χ1v) is 14.7. The smallest absolute Gasteiger partial charge is 0.257 e. The third-order valence-electron chi connectivity index (χ3n) is 7.59. The van der Waals surface area contributed by atoms with Gasteiger partial charge in [0.25, 0.3) is 11.8 Å². The molecule has 2 aromatic carbocycles. The topological polar surface area (TPSA) is 116 Å². The summed E-state index contributed by atoms with van der Waals surface area (Å²) in [4.78, 5) is 32.1. The second kappa shape index (κ2) is 12.4. The molecular weight excluding hydrogens is 603 g/mol. The maximum Gasteiger partial charge on any atom is 0.257 e. The summed E-state index contributed by atoms with van der Waals surface area (Å²) in [7, 11) is 1.30. The highest BCUT2D eigenvalue weighted by atomic mass is 32.2. The van der Waals surface area contributed by atoms with Crippen LogP contribution in [-0.2, 0) is 5.54 Å². The minimum atomic E-state index is -1.24. The summed E-state index contributed by atoms with van der Waals surface area (Å²) in [6, 6.07) is 17.6. The minimum Gasteiger partial charge on any atom is -0.479 e. The Kier molecular flexibility index (Phi) is 8.23. The van der Waals surface area contributed by atoms with E-state index in [4.69, 9.17) is 15.0 Å². The largest absolute Gasteiger partial charge is 0.479 e. The van der Waals surface area contributed by atoms with E-state index in [-0.39, 0.29) is 47.0 Å². The molecular formula is C32H24F3N7O2S. The van der Waals surface area contributed by atoms with Gasteiger partial charge in [0, 0.05) is 35.5 Å². The monoisotopic (exact) mass is 627 g/mol. The molecule has 226 valence electrons.